The van der Waals surface area contributed by atoms with Crippen molar-refractivity contribution in [1.82, 2.24) is 4.90 Å². The van der Waals surface area contributed by atoms with Gasteiger partial charge in [0.05, 0.1) is 4.90 Å². The molecule has 0 saturated carbocycles. The summed E-state index contributed by atoms with van der Waals surface area (Å²) in [6, 6.07) is 7.10. The maximum absolute atomic E-state index is 11.3. The van der Waals surface area contributed by atoms with Crippen molar-refractivity contribution in [2.75, 3.05) is 19.8 Å². The van der Waals surface area contributed by atoms with Gasteiger partial charge in [-0.15, -0.1) is 0 Å². The lowest BCUT2D eigenvalue weighted by Crippen LogP contribution is -2.32. The summed E-state index contributed by atoms with van der Waals surface area (Å²) in [7, 11) is -1.11. The highest BCUT2D eigenvalue weighted by atomic mass is 32.2. The Hall–Kier alpha value is -0.910. The molecule has 4 nitrogen and oxygen atoms in total. The summed E-state index contributed by atoms with van der Waals surface area (Å²) in [6.45, 7) is 3.54. The summed E-state index contributed by atoms with van der Waals surface area (Å²) in [5.41, 5.74) is 6.79. The average Bonchev–Trinajstić information content (AvgIpc) is 2.15. The fraction of sp³-hybridized carbons (Fsp3) is 0.500. The van der Waals surface area contributed by atoms with Gasteiger partial charge in [0.25, 0.3) is 0 Å². The Balaban J connectivity index is 2.69. The predicted octanol–water partition coefficient (Wildman–Crippen LogP) is 0.869. The SMILES string of the molecule is CC(N)CN(C)Cc1ccc(S(C)(=O)=O)cc1. The molecule has 0 aliphatic heterocycles. The van der Waals surface area contributed by atoms with Crippen LogP contribution in [0.3, 0.4) is 0 Å². The van der Waals surface area contributed by atoms with Crippen LogP contribution in [0, 0.1) is 0 Å². The van der Waals surface area contributed by atoms with Gasteiger partial charge in [0.15, 0.2) is 9.84 Å². The number of hydrogen-bond donors (Lipinski definition) is 1. The van der Waals surface area contributed by atoms with Crippen molar-refractivity contribution in [3.8, 4) is 0 Å². The number of likely N-dealkylation sites (N-methyl/N-ethyl adjacent to an activating group) is 1. The molecule has 0 saturated heterocycles. The van der Waals surface area contributed by atoms with Crippen LogP contribution in [0.25, 0.3) is 0 Å². The van der Waals surface area contributed by atoms with E-state index in [1.165, 1.54) is 6.26 Å². The van der Waals surface area contributed by atoms with Crippen molar-refractivity contribution < 1.29 is 8.42 Å². The topological polar surface area (TPSA) is 63.4 Å². The molecule has 5 heteroatoms. The number of sulfone groups is 1. The summed E-state index contributed by atoms with van der Waals surface area (Å²) in [6.07, 6.45) is 1.21. The highest BCUT2D eigenvalue weighted by Gasteiger charge is 2.07. The minimum atomic E-state index is -3.10. The molecule has 2 N–H and O–H groups in total. The van der Waals surface area contributed by atoms with Gasteiger partial charge in [-0.05, 0) is 31.7 Å². The number of hydrogen-bond acceptors (Lipinski definition) is 4. The minimum Gasteiger partial charge on any atom is -0.327 e. The van der Waals surface area contributed by atoms with Crippen LogP contribution in [-0.4, -0.2) is 39.2 Å². The molecular weight excluding hydrogens is 236 g/mol. The van der Waals surface area contributed by atoms with Crippen LogP contribution in [0.2, 0.25) is 0 Å². The monoisotopic (exact) mass is 256 g/mol. The third-order valence-corrected chi connectivity index (χ3v) is 3.53. The number of benzene rings is 1. The highest BCUT2D eigenvalue weighted by molar-refractivity contribution is 7.90. The Labute approximate surface area is 103 Å². The van der Waals surface area contributed by atoms with E-state index in [1.807, 2.05) is 26.1 Å². The van der Waals surface area contributed by atoms with Crippen molar-refractivity contribution in [2.24, 2.45) is 5.73 Å². The van der Waals surface area contributed by atoms with Gasteiger partial charge in [0.1, 0.15) is 0 Å². The largest absolute Gasteiger partial charge is 0.327 e. The molecule has 0 radical (unpaired) electrons. The lowest BCUT2D eigenvalue weighted by Gasteiger charge is -2.18. The van der Waals surface area contributed by atoms with Crippen LogP contribution < -0.4 is 5.73 Å². The van der Waals surface area contributed by atoms with Gasteiger partial charge in [-0.2, -0.15) is 0 Å². The smallest absolute Gasteiger partial charge is 0.175 e. The Morgan fingerprint density at radius 3 is 2.24 bits per heavy atom. The first-order chi connectivity index (χ1) is 7.79. The number of rotatable bonds is 5. The number of nitrogens with zero attached hydrogens (tertiary/aromatic N) is 1. The molecule has 0 aliphatic rings. The number of nitrogens with two attached hydrogens (primary N) is 1. The van der Waals surface area contributed by atoms with Crippen LogP contribution in [0.4, 0.5) is 0 Å². The molecule has 0 heterocycles. The summed E-state index contributed by atoms with van der Waals surface area (Å²) in [5, 5.41) is 0. The average molecular weight is 256 g/mol. The van der Waals surface area contributed by atoms with Crippen LogP contribution in [-0.2, 0) is 16.4 Å². The third-order valence-electron chi connectivity index (χ3n) is 2.40. The van der Waals surface area contributed by atoms with Crippen LogP contribution in [0.15, 0.2) is 29.2 Å². The van der Waals surface area contributed by atoms with E-state index in [1.54, 1.807) is 12.1 Å². The summed E-state index contributed by atoms with van der Waals surface area (Å²) >= 11 is 0. The molecular formula is C12H20N2O2S. The van der Waals surface area contributed by atoms with Crippen molar-refractivity contribution in [2.45, 2.75) is 24.4 Å². The van der Waals surface area contributed by atoms with Gasteiger partial charge >= 0.3 is 0 Å². The Morgan fingerprint density at radius 2 is 1.82 bits per heavy atom. The van der Waals surface area contributed by atoms with Gasteiger partial charge in [-0.3, -0.25) is 0 Å². The summed E-state index contributed by atoms with van der Waals surface area (Å²) < 4.78 is 22.6. The second kappa shape index (κ2) is 5.62. The first-order valence-corrected chi connectivity index (χ1v) is 7.41. The van der Waals surface area contributed by atoms with Crippen molar-refractivity contribution in [3.05, 3.63) is 29.8 Å². The highest BCUT2D eigenvalue weighted by Crippen LogP contribution is 2.11. The molecule has 1 aromatic carbocycles. The maximum atomic E-state index is 11.3. The van der Waals surface area contributed by atoms with Gasteiger partial charge in [-0.25, -0.2) is 8.42 Å². The predicted molar refractivity (Wildman–Crippen MR) is 69.5 cm³/mol. The zero-order chi connectivity index (χ0) is 13.1. The van der Waals surface area contributed by atoms with E-state index >= 15 is 0 Å². The molecule has 1 rings (SSSR count). The van der Waals surface area contributed by atoms with Crippen LogP contribution >= 0.6 is 0 Å². The lowest BCUT2D eigenvalue weighted by atomic mass is 10.2. The Kier molecular flexibility index (Phi) is 4.68. The van der Waals surface area contributed by atoms with E-state index in [2.05, 4.69) is 4.90 Å². The summed E-state index contributed by atoms with van der Waals surface area (Å²) in [5.74, 6) is 0. The molecule has 1 unspecified atom stereocenters. The van der Waals surface area contributed by atoms with E-state index in [0.29, 0.717) is 4.90 Å². The molecule has 0 amide bonds. The van der Waals surface area contributed by atoms with E-state index in [9.17, 15) is 8.42 Å². The van der Waals surface area contributed by atoms with E-state index in [-0.39, 0.29) is 6.04 Å². The fourth-order valence-electron chi connectivity index (χ4n) is 1.71. The zero-order valence-corrected chi connectivity index (χ0v) is 11.4. The quantitative estimate of drug-likeness (QED) is 0.849. The molecule has 1 aromatic rings. The van der Waals surface area contributed by atoms with Crippen LogP contribution in [0.5, 0.6) is 0 Å². The Morgan fingerprint density at radius 1 is 1.29 bits per heavy atom. The van der Waals surface area contributed by atoms with Gasteiger partial charge in [0, 0.05) is 25.4 Å². The fourth-order valence-corrected chi connectivity index (χ4v) is 2.34. The molecule has 0 aliphatic carbocycles. The molecule has 0 spiro atoms. The summed E-state index contributed by atoms with van der Waals surface area (Å²) in [4.78, 5) is 2.47. The van der Waals surface area contributed by atoms with Crippen molar-refractivity contribution in [1.29, 1.82) is 0 Å². The second-order valence-electron chi connectivity index (χ2n) is 4.59. The van der Waals surface area contributed by atoms with Gasteiger partial charge in [-0.1, -0.05) is 12.1 Å². The zero-order valence-electron chi connectivity index (χ0n) is 10.6. The van der Waals surface area contributed by atoms with Gasteiger partial charge in [0.2, 0.25) is 0 Å². The van der Waals surface area contributed by atoms with Gasteiger partial charge < -0.3 is 10.6 Å². The standard InChI is InChI=1S/C12H20N2O2S/c1-10(13)8-14(2)9-11-4-6-12(7-5-11)17(3,15)16/h4-7,10H,8-9,13H2,1-3H3. The molecule has 0 aromatic heterocycles. The normalized spacial score (nSPS) is 13.9. The molecule has 1 atom stereocenters. The minimum absolute atomic E-state index is 0.135. The van der Waals surface area contributed by atoms with Crippen LogP contribution in [0.1, 0.15) is 12.5 Å². The van der Waals surface area contributed by atoms with E-state index < -0.39 is 9.84 Å². The van der Waals surface area contributed by atoms with E-state index in [0.717, 1.165) is 18.7 Å². The molecule has 17 heavy (non-hydrogen) atoms. The molecule has 0 bridgehead atoms. The third kappa shape index (κ3) is 4.85. The molecule has 0 fully saturated rings. The van der Waals surface area contributed by atoms with Crippen molar-refractivity contribution in [3.63, 3.8) is 0 Å². The first kappa shape index (κ1) is 14.2. The first-order valence-electron chi connectivity index (χ1n) is 5.52. The van der Waals surface area contributed by atoms with E-state index in [4.69, 9.17) is 5.73 Å². The molecule has 96 valence electrons. The Bertz CT molecular complexity index is 452. The lowest BCUT2D eigenvalue weighted by molar-refractivity contribution is 0.310. The maximum Gasteiger partial charge on any atom is 0.175 e. The second-order valence-corrected chi connectivity index (χ2v) is 6.61. The van der Waals surface area contributed by atoms with Crippen molar-refractivity contribution >= 4 is 9.84 Å².